The van der Waals surface area contributed by atoms with Gasteiger partial charge in [0.2, 0.25) is 5.90 Å². The fourth-order valence-electron chi connectivity index (χ4n) is 2.06. The Morgan fingerprint density at radius 3 is 2.40 bits per heavy atom. The monoisotopic (exact) mass is 267 g/mol. The van der Waals surface area contributed by atoms with Crippen LogP contribution in [0.25, 0.3) is 0 Å². The van der Waals surface area contributed by atoms with E-state index in [0.717, 1.165) is 16.9 Å². The molecule has 4 heteroatoms. The molecule has 0 aromatic heterocycles. The molecule has 0 bridgehead atoms. The standard InChI is InChI=1S/C16H13NO3/c1-19-13-9-7-11(8-10-13)14-16(18)20-15(17-14)12-5-3-2-4-6-12/h2-10,14H,1H3. The summed E-state index contributed by atoms with van der Waals surface area (Å²) in [5.41, 5.74) is 1.60. The molecule has 3 rings (SSSR count). The summed E-state index contributed by atoms with van der Waals surface area (Å²) in [5.74, 6) is 0.762. The molecule has 1 aliphatic rings. The molecule has 0 saturated heterocycles. The van der Waals surface area contributed by atoms with Crippen LogP contribution in [0.5, 0.6) is 5.75 Å². The van der Waals surface area contributed by atoms with Crippen LogP contribution in [0.15, 0.2) is 59.6 Å². The zero-order valence-corrected chi connectivity index (χ0v) is 10.9. The molecule has 1 aliphatic heterocycles. The van der Waals surface area contributed by atoms with Crippen molar-refractivity contribution in [3.05, 3.63) is 65.7 Å². The number of methoxy groups -OCH3 is 1. The second-order valence-corrected chi connectivity index (χ2v) is 4.40. The topological polar surface area (TPSA) is 47.9 Å². The van der Waals surface area contributed by atoms with Crippen LogP contribution >= 0.6 is 0 Å². The summed E-state index contributed by atoms with van der Waals surface area (Å²) in [7, 11) is 1.60. The molecule has 100 valence electrons. The first-order chi connectivity index (χ1) is 9.78. The number of esters is 1. The molecule has 0 fully saturated rings. The van der Waals surface area contributed by atoms with E-state index in [9.17, 15) is 4.79 Å². The molecule has 0 aliphatic carbocycles. The fourth-order valence-corrected chi connectivity index (χ4v) is 2.06. The van der Waals surface area contributed by atoms with E-state index in [2.05, 4.69) is 4.99 Å². The van der Waals surface area contributed by atoms with Gasteiger partial charge in [0.25, 0.3) is 0 Å². The van der Waals surface area contributed by atoms with E-state index >= 15 is 0 Å². The Balaban J connectivity index is 1.90. The van der Waals surface area contributed by atoms with Crippen molar-refractivity contribution in [2.45, 2.75) is 6.04 Å². The number of ether oxygens (including phenoxy) is 2. The number of carbonyl (C=O) groups excluding carboxylic acids is 1. The van der Waals surface area contributed by atoms with Crippen molar-refractivity contribution in [1.82, 2.24) is 0 Å². The predicted molar refractivity (Wildman–Crippen MR) is 74.8 cm³/mol. The van der Waals surface area contributed by atoms with Crippen LogP contribution in [0.1, 0.15) is 17.2 Å². The Labute approximate surface area is 116 Å². The number of rotatable bonds is 3. The number of aliphatic imine (C=N–C) groups is 1. The van der Waals surface area contributed by atoms with Crippen molar-refractivity contribution < 1.29 is 14.3 Å². The van der Waals surface area contributed by atoms with Crippen molar-refractivity contribution >= 4 is 11.9 Å². The summed E-state index contributed by atoms with van der Waals surface area (Å²) >= 11 is 0. The average Bonchev–Trinajstić information content (AvgIpc) is 2.90. The first kappa shape index (κ1) is 12.4. The molecule has 2 aromatic carbocycles. The van der Waals surface area contributed by atoms with Crippen LogP contribution in [0, 0.1) is 0 Å². The van der Waals surface area contributed by atoms with Gasteiger partial charge in [0.15, 0.2) is 6.04 Å². The molecule has 0 spiro atoms. The van der Waals surface area contributed by atoms with Gasteiger partial charge in [-0.25, -0.2) is 9.79 Å². The van der Waals surface area contributed by atoms with Gasteiger partial charge in [0.1, 0.15) is 5.75 Å². The van der Waals surface area contributed by atoms with Crippen LogP contribution in [0.3, 0.4) is 0 Å². The minimum atomic E-state index is -0.601. The van der Waals surface area contributed by atoms with Crippen LogP contribution in [0.4, 0.5) is 0 Å². The van der Waals surface area contributed by atoms with Gasteiger partial charge in [-0.3, -0.25) is 0 Å². The van der Waals surface area contributed by atoms with Crippen molar-refractivity contribution in [1.29, 1.82) is 0 Å². The first-order valence-corrected chi connectivity index (χ1v) is 6.27. The van der Waals surface area contributed by atoms with E-state index in [4.69, 9.17) is 9.47 Å². The summed E-state index contributed by atoms with van der Waals surface area (Å²) < 4.78 is 10.3. The highest BCUT2D eigenvalue weighted by atomic mass is 16.6. The van der Waals surface area contributed by atoms with Crippen LogP contribution in [-0.2, 0) is 9.53 Å². The van der Waals surface area contributed by atoms with E-state index < -0.39 is 6.04 Å². The van der Waals surface area contributed by atoms with Crippen LogP contribution < -0.4 is 4.74 Å². The molecule has 1 heterocycles. The third kappa shape index (κ3) is 2.28. The lowest BCUT2D eigenvalue weighted by Crippen LogP contribution is -2.08. The molecule has 4 nitrogen and oxygen atoms in total. The average molecular weight is 267 g/mol. The largest absolute Gasteiger partial charge is 0.497 e. The summed E-state index contributed by atoms with van der Waals surface area (Å²) in [5, 5.41) is 0. The van der Waals surface area contributed by atoms with Gasteiger partial charge >= 0.3 is 5.97 Å². The minimum absolute atomic E-state index is 0.353. The van der Waals surface area contributed by atoms with E-state index in [0.29, 0.717) is 5.90 Å². The van der Waals surface area contributed by atoms with Gasteiger partial charge in [-0.15, -0.1) is 0 Å². The first-order valence-electron chi connectivity index (χ1n) is 6.27. The summed E-state index contributed by atoms with van der Waals surface area (Å²) in [6, 6.07) is 16.0. The Morgan fingerprint density at radius 1 is 1.05 bits per heavy atom. The molecular formula is C16H13NO3. The minimum Gasteiger partial charge on any atom is -0.497 e. The van der Waals surface area contributed by atoms with E-state index in [1.807, 2.05) is 42.5 Å². The Kier molecular flexibility index (Phi) is 3.21. The lowest BCUT2D eigenvalue weighted by atomic mass is 10.1. The summed E-state index contributed by atoms with van der Waals surface area (Å²) in [4.78, 5) is 16.3. The third-order valence-electron chi connectivity index (χ3n) is 3.12. The summed E-state index contributed by atoms with van der Waals surface area (Å²) in [6.07, 6.45) is 0. The molecule has 0 N–H and O–H groups in total. The Hall–Kier alpha value is -2.62. The molecule has 0 amide bonds. The van der Waals surface area contributed by atoms with Crippen molar-refractivity contribution in [2.75, 3.05) is 7.11 Å². The van der Waals surface area contributed by atoms with Gasteiger partial charge in [-0.2, -0.15) is 0 Å². The van der Waals surface area contributed by atoms with Crippen molar-refractivity contribution in [2.24, 2.45) is 4.99 Å². The third-order valence-corrected chi connectivity index (χ3v) is 3.12. The van der Waals surface area contributed by atoms with Gasteiger partial charge in [-0.1, -0.05) is 30.3 Å². The lowest BCUT2D eigenvalue weighted by molar-refractivity contribution is -0.135. The normalized spacial score (nSPS) is 17.6. The SMILES string of the molecule is COc1ccc(C2N=C(c3ccccc3)OC2=O)cc1. The van der Waals surface area contributed by atoms with Gasteiger partial charge in [0.05, 0.1) is 7.11 Å². The van der Waals surface area contributed by atoms with Crippen molar-refractivity contribution in [3.63, 3.8) is 0 Å². The highest BCUT2D eigenvalue weighted by molar-refractivity contribution is 6.06. The quantitative estimate of drug-likeness (QED) is 0.803. The molecule has 0 radical (unpaired) electrons. The Bertz CT molecular complexity index is 647. The number of benzene rings is 2. The molecule has 0 saturated carbocycles. The second kappa shape index (κ2) is 5.17. The lowest BCUT2D eigenvalue weighted by Gasteiger charge is -2.04. The smallest absolute Gasteiger partial charge is 0.342 e. The second-order valence-electron chi connectivity index (χ2n) is 4.40. The number of carbonyl (C=O) groups is 1. The highest BCUT2D eigenvalue weighted by Crippen LogP contribution is 2.27. The fraction of sp³-hybridized carbons (Fsp3) is 0.125. The molecular weight excluding hydrogens is 254 g/mol. The van der Waals surface area contributed by atoms with Crippen molar-refractivity contribution in [3.8, 4) is 5.75 Å². The molecule has 1 unspecified atom stereocenters. The number of hydrogen-bond acceptors (Lipinski definition) is 4. The van der Waals surface area contributed by atoms with E-state index in [1.54, 1.807) is 19.2 Å². The van der Waals surface area contributed by atoms with Crippen LogP contribution in [-0.4, -0.2) is 19.0 Å². The van der Waals surface area contributed by atoms with Gasteiger partial charge < -0.3 is 9.47 Å². The van der Waals surface area contributed by atoms with Crippen LogP contribution in [0.2, 0.25) is 0 Å². The predicted octanol–water partition coefficient (Wildman–Crippen LogP) is 2.74. The maximum Gasteiger partial charge on any atom is 0.342 e. The highest BCUT2D eigenvalue weighted by Gasteiger charge is 2.31. The maximum absolute atomic E-state index is 11.9. The summed E-state index contributed by atoms with van der Waals surface area (Å²) in [6.45, 7) is 0. The zero-order valence-electron chi connectivity index (χ0n) is 10.9. The number of hydrogen-bond donors (Lipinski definition) is 0. The molecule has 1 atom stereocenters. The number of nitrogens with zero attached hydrogens (tertiary/aromatic N) is 1. The molecule has 2 aromatic rings. The van der Waals surface area contributed by atoms with E-state index in [-0.39, 0.29) is 5.97 Å². The molecule has 20 heavy (non-hydrogen) atoms. The maximum atomic E-state index is 11.9. The van der Waals surface area contributed by atoms with Gasteiger partial charge in [-0.05, 0) is 29.8 Å². The number of cyclic esters (lactones) is 1. The van der Waals surface area contributed by atoms with E-state index in [1.165, 1.54) is 0 Å². The van der Waals surface area contributed by atoms with Gasteiger partial charge in [0, 0.05) is 5.56 Å². The Morgan fingerprint density at radius 2 is 1.75 bits per heavy atom. The zero-order chi connectivity index (χ0) is 13.9.